The molecule has 0 aliphatic heterocycles. The number of fused-ring (bicyclic) bond motifs is 1. The van der Waals surface area contributed by atoms with Crippen LogP contribution in [0.4, 0.5) is 0 Å². The molecule has 1 unspecified atom stereocenters. The largest absolute Gasteiger partial charge is 0.308 e. The number of pyridine rings is 1. The van der Waals surface area contributed by atoms with Crippen molar-refractivity contribution >= 4 is 39.9 Å². The smallest absolute Gasteiger partial charge is 0.258 e. The van der Waals surface area contributed by atoms with E-state index < -0.39 is 17.3 Å². The highest BCUT2D eigenvalue weighted by Crippen LogP contribution is 2.21. The number of hydrogen-bond donors (Lipinski definition) is 1. The molecule has 0 amide bonds. The first-order valence-corrected chi connectivity index (χ1v) is 7.50. The van der Waals surface area contributed by atoms with Crippen LogP contribution >= 0.6 is 23.2 Å². The number of aromatic nitrogens is 3. The van der Waals surface area contributed by atoms with Gasteiger partial charge in [0.1, 0.15) is 11.0 Å². The first-order valence-electron chi connectivity index (χ1n) is 6.74. The molecule has 3 rings (SSSR count). The van der Waals surface area contributed by atoms with Gasteiger partial charge >= 0.3 is 0 Å². The van der Waals surface area contributed by atoms with Crippen molar-refractivity contribution in [1.29, 1.82) is 5.26 Å². The molecule has 1 atom stereocenters. The van der Waals surface area contributed by atoms with Crippen molar-refractivity contribution in [1.82, 2.24) is 15.0 Å². The molecule has 8 heteroatoms. The van der Waals surface area contributed by atoms with Crippen molar-refractivity contribution in [3.05, 3.63) is 68.4 Å². The van der Waals surface area contributed by atoms with E-state index in [1.165, 1.54) is 30.5 Å². The molecule has 118 valence electrons. The Morgan fingerprint density at radius 3 is 2.75 bits per heavy atom. The first kappa shape index (κ1) is 16.1. The van der Waals surface area contributed by atoms with Crippen molar-refractivity contribution in [2.45, 2.75) is 5.92 Å². The van der Waals surface area contributed by atoms with Crippen LogP contribution in [0.1, 0.15) is 22.1 Å². The fraction of sp³-hybridized carbons (Fsp3) is 0.0625. The normalized spacial score (nSPS) is 11.9. The summed E-state index contributed by atoms with van der Waals surface area (Å²) in [6.07, 6.45) is 1.36. The maximum atomic E-state index is 12.5. The van der Waals surface area contributed by atoms with Gasteiger partial charge < -0.3 is 4.98 Å². The molecule has 0 radical (unpaired) electrons. The molecule has 1 aromatic carbocycles. The molecule has 3 aromatic rings. The van der Waals surface area contributed by atoms with E-state index in [0.717, 1.165) is 0 Å². The molecular weight excluding hydrogens is 351 g/mol. The third-order valence-electron chi connectivity index (χ3n) is 3.36. The molecule has 2 aromatic heterocycles. The Morgan fingerprint density at radius 2 is 2.04 bits per heavy atom. The SMILES string of the molecule is N#CC(C(=O)c1ccnc(Cl)c1)c1nc2cc(Cl)ccc2c(=O)[nH]1. The van der Waals surface area contributed by atoms with Crippen molar-refractivity contribution in [2.24, 2.45) is 0 Å². The van der Waals surface area contributed by atoms with Gasteiger partial charge in [-0.3, -0.25) is 9.59 Å². The van der Waals surface area contributed by atoms with Gasteiger partial charge in [0.15, 0.2) is 11.7 Å². The summed E-state index contributed by atoms with van der Waals surface area (Å²) >= 11 is 11.7. The lowest BCUT2D eigenvalue weighted by Gasteiger charge is -2.09. The van der Waals surface area contributed by atoms with Crippen LogP contribution in [0.3, 0.4) is 0 Å². The third kappa shape index (κ3) is 3.00. The van der Waals surface area contributed by atoms with Crippen molar-refractivity contribution in [3.8, 4) is 6.07 Å². The number of nitrogens with one attached hydrogen (secondary N) is 1. The minimum Gasteiger partial charge on any atom is -0.308 e. The molecule has 0 aliphatic carbocycles. The van der Waals surface area contributed by atoms with Crippen molar-refractivity contribution in [3.63, 3.8) is 0 Å². The number of ketones is 1. The molecular formula is C16H8Cl2N4O2. The highest BCUT2D eigenvalue weighted by Gasteiger charge is 2.25. The van der Waals surface area contributed by atoms with Crippen molar-refractivity contribution < 1.29 is 4.79 Å². The lowest BCUT2D eigenvalue weighted by Crippen LogP contribution is -2.19. The van der Waals surface area contributed by atoms with Gasteiger partial charge in [-0.2, -0.15) is 5.26 Å². The molecule has 0 fully saturated rings. The van der Waals surface area contributed by atoms with Gasteiger partial charge in [0, 0.05) is 16.8 Å². The van der Waals surface area contributed by atoms with Gasteiger partial charge in [0.05, 0.1) is 17.0 Å². The molecule has 2 heterocycles. The van der Waals surface area contributed by atoms with Gasteiger partial charge in [0.2, 0.25) is 0 Å². The summed E-state index contributed by atoms with van der Waals surface area (Å²) in [6.45, 7) is 0. The summed E-state index contributed by atoms with van der Waals surface area (Å²) in [4.78, 5) is 35.2. The van der Waals surface area contributed by atoms with E-state index in [0.29, 0.717) is 15.9 Å². The maximum Gasteiger partial charge on any atom is 0.258 e. The number of hydrogen-bond acceptors (Lipinski definition) is 5. The molecule has 0 bridgehead atoms. The van der Waals surface area contributed by atoms with E-state index in [1.54, 1.807) is 6.07 Å². The van der Waals surface area contributed by atoms with E-state index >= 15 is 0 Å². The fourth-order valence-corrected chi connectivity index (χ4v) is 2.57. The van der Waals surface area contributed by atoms with Gasteiger partial charge in [-0.25, -0.2) is 9.97 Å². The predicted octanol–water partition coefficient (Wildman–Crippen LogP) is 3.11. The number of Topliss-reactive ketones (excluding diaryl/α,β-unsaturated/α-hetero) is 1. The summed E-state index contributed by atoms with van der Waals surface area (Å²) in [6, 6.07) is 9.24. The lowest BCUT2D eigenvalue weighted by atomic mass is 9.99. The Hall–Kier alpha value is -2.75. The summed E-state index contributed by atoms with van der Waals surface area (Å²) in [5.74, 6) is -1.86. The van der Waals surface area contributed by atoms with Crippen LogP contribution in [0.2, 0.25) is 10.2 Å². The standard InChI is InChI=1S/C16H8Cl2N4O2/c17-9-1-2-10-12(6-9)21-15(22-16(10)24)11(7-19)14(23)8-3-4-20-13(18)5-8/h1-6,11H,(H,21,22,24). The van der Waals surface area contributed by atoms with E-state index in [9.17, 15) is 14.9 Å². The third-order valence-corrected chi connectivity index (χ3v) is 3.80. The molecule has 6 nitrogen and oxygen atoms in total. The number of rotatable bonds is 3. The zero-order valence-corrected chi connectivity index (χ0v) is 13.5. The second-order valence-corrected chi connectivity index (χ2v) is 5.73. The van der Waals surface area contributed by atoms with Gasteiger partial charge in [0.25, 0.3) is 5.56 Å². The number of benzene rings is 1. The van der Waals surface area contributed by atoms with Crippen LogP contribution in [-0.2, 0) is 0 Å². The average molecular weight is 359 g/mol. The van der Waals surface area contributed by atoms with Gasteiger partial charge in [-0.15, -0.1) is 0 Å². The number of aromatic amines is 1. The number of carbonyl (C=O) groups is 1. The van der Waals surface area contributed by atoms with Crippen molar-refractivity contribution in [2.75, 3.05) is 0 Å². The van der Waals surface area contributed by atoms with E-state index in [4.69, 9.17) is 23.2 Å². The zero-order valence-electron chi connectivity index (χ0n) is 12.0. The summed E-state index contributed by atoms with van der Waals surface area (Å²) in [5, 5.41) is 10.2. The van der Waals surface area contributed by atoms with E-state index in [2.05, 4.69) is 15.0 Å². The number of H-pyrrole nitrogens is 1. The highest BCUT2D eigenvalue weighted by molar-refractivity contribution is 6.31. The van der Waals surface area contributed by atoms with Crippen LogP contribution in [0.25, 0.3) is 10.9 Å². The summed E-state index contributed by atoms with van der Waals surface area (Å²) < 4.78 is 0. The molecule has 0 aliphatic rings. The Labute approximate surface area is 145 Å². The van der Waals surface area contributed by atoms with Crippen LogP contribution in [0.15, 0.2) is 41.3 Å². The number of nitrogens with zero attached hydrogens (tertiary/aromatic N) is 3. The molecule has 0 saturated carbocycles. The summed E-state index contributed by atoms with van der Waals surface area (Å²) in [7, 11) is 0. The average Bonchev–Trinajstić information content (AvgIpc) is 2.55. The minimum atomic E-state index is -1.28. The highest BCUT2D eigenvalue weighted by atomic mass is 35.5. The minimum absolute atomic E-state index is 0.0461. The van der Waals surface area contributed by atoms with Gasteiger partial charge in [-0.05, 0) is 30.3 Å². The van der Waals surface area contributed by atoms with Crippen LogP contribution in [0.5, 0.6) is 0 Å². The molecule has 0 saturated heterocycles. The van der Waals surface area contributed by atoms with Gasteiger partial charge in [-0.1, -0.05) is 23.2 Å². The topological polar surface area (TPSA) is 99.5 Å². The van der Waals surface area contributed by atoms with Crippen LogP contribution in [-0.4, -0.2) is 20.7 Å². The lowest BCUT2D eigenvalue weighted by molar-refractivity contribution is 0.0976. The Kier molecular flexibility index (Phi) is 4.30. The maximum absolute atomic E-state index is 12.5. The quantitative estimate of drug-likeness (QED) is 0.572. The molecule has 0 spiro atoms. The van der Waals surface area contributed by atoms with E-state index in [1.807, 2.05) is 6.07 Å². The Bertz CT molecular complexity index is 1060. The first-order chi connectivity index (χ1) is 11.5. The number of halogens is 2. The zero-order chi connectivity index (χ0) is 17.3. The van der Waals surface area contributed by atoms with E-state index in [-0.39, 0.29) is 16.5 Å². The Morgan fingerprint density at radius 1 is 1.25 bits per heavy atom. The Balaban J connectivity index is 2.12. The molecule has 1 N–H and O–H groups in total. The van der Waals surface area contributed by atoms with Crippen LogP contribution in [0, 0.1) is 11.3 Å². The summed E-state index contributed by atoms with van der Waals surface area (Å²) in [5.41, 5.74) is 0.0601. The predicted molar refractivity (Wildman–Crippen MR) is 89.3 cm³/mol. The second-order valence-electron chi connectivity index (χ2n) is 4.91. The monoisotopic (exact) mass is 358 g/mol. The second kappa shape index (κ2) is 6.40. The number of carbonyl (C=O) groups excluding carboxylic acids is 1. The van der Waals surface area contributed by atoms with Crippen LogP contribution < -0.4 is 5.56 Å². The number of nitriles is 1. The molecule has 24 heavy (non-hydrogen) atoms. The fourth-order valence-electron chi connectivity index (χ4n) is 2.23.